The van der Waals surface area contributed by atoms with E-state index < -0.39 is 9.84 Å². The summed E-state index contributed by atoms with van der Waals surface area (Å²) in [5.41, 5.74) is 0.876. The summed E-state index contributed by atoms with van der Waals surface area (Å²) in [4.78, 5) is 2.11. The smallest absolute Gasteiger partial charge is 0.152 e. The number of nitrogens with zero attached hydrogens (tertiary/aromatic N) is 4. The number of ether oxygens (including phenoxy) is 3. The molecule has 0 aromatic rings. The summed E-state index contributed by atoms with van der Waals surface area (Å²) in [7, 11) is -0.957. The maximum Gasteiger partial charge on any atom is 0.152 e. The van der Waals surface area contributed by atoms with Crippen LogP contribution in [-0.4, -0.2) is 116 Å². The molecule has 1 heterocycles. The Morgan fingerprint density at radius 3 is 2.27 bits per heavy atom. The zero-order valence-corrected chi connectivity index (χ0v) is 19.4. The normalized spacial score (nSPS) is 16.9. The SMILES string of the molecule is C=C(CC)N(CCOCCOCCOCCNC)N=NCCN1CCS(=O)(=O)CC1. The molecule has 176 valence electrons. The van der Waals surface area contributed by atoms with Crippen LogP contribution in [0.5, 0.6) is 0 Å². The van der Waals surface area contributed by atoms with Crippen molar-refractivity contribution in [3.05, 3.63) is 12.3 Å². The quantitative estimate of drug-likeness (QED) is 0.184. The molecule has 1 rings (SSSR count). The van der Waals surface area contributed by atoms with Gasteiger partial charge >= 0.3 is 0 Å². The van der Waals surface area contributed by atoms with Crippen molar-refractivity contribution in [2.45, 2.75) is 13.3 Å². The molecule has 30 heavy (non-hydrogen) atoms. The summed E-state index contributed by atoms with van der Waals surface area (Å²) in [5.74, 6) is 0.459. The Hall–Kier alpha value is -1.11. The van der Waals surface area contributed by atoms with Crippen LogP contribution in [0.2, 0.25) is 0 Å². The fraction of sp³-hybridized carbons (Fsp3) is 0.895. The van der Waals surface area contributed by atoms with Gasteiger partial charge in [0.15, 0.2) is 9.84 Å². The first-order valence-corrected chi connectivity index (χ1v) is 12.4. The van der Waals surface area contributed by atoms with Crippen LogP contribution in [0.25, 0.3) is 0 Å². The Kier molecular flexibility index (Phi) is 14.9. The Balaban J connectivity index is 2.12. The predicted molar refractivity (Wildman–Crippen MR) is 117 cm³/mol. The lowest BCUT2D eigenvalue weighted by Gasteiger charge is -2.25. The second-order valence-electron chi connectivity index (χ2n) is 6.93. The van der Waals surface area contributed by atoms with Crippen molar-refractivity contribution in [2.24, 2.45) is 10.3 Å². The zero-order valence-electron chi connectivity index (χ0n) is 18.6. The number of hydrogen-bond acceptors (Lipinski definition) is 9. The van der Waals surface area contributed by atoms with Gasteiger partial charge in [0.25, 0.3) is 0 Å². The van der Waals surface area contributed by atoms with Crippen molar-refractivity contribution >= 4 is 9.84 Å². The molecule has 0 radical (unpaired) electrons. The molecule has 10 nitrogen and oxygen atoms in total. The number of rotatable bonds is 18. The molecule has 0 aromatic heterocycles. The van der Waals surface area contributed by atoms with Crippen LogP contribution in [0.3, 0.4) is 0 Å². The van der Waals surface area contributed by atoms with Gasteiger partial charge in [-0.1, -0.05) is 18.7 Å². The Labute approximate surface area is 181 Å². The van der Waals surface area contributed by atoms with Gasteiger partial charge < -0.3 is 19.5 Å². The van der Waals surface area contributed by atoms with Gasteiger partial charge in [0.05, 0.1) is 64.2 Å². The molecule has 0 bridgehead atoms. The van der Waals surface area contributed by atoms with Crippen molar-refractivity contribution in [3.8, 4) is 0 Å². The number of allylic oxidation sites excluding steroid dienone is 1. The Morgan fingerprint density at radius 2 is 1.67 bits per heavy atom. The molecule has 1 saturated heterocycles. The summed E-state index contributed by atoms with van der Waals surface area (Å²) >= 11 is 0. The molecule has 0 atom stereocenters. The largest absolute Gasteiger partial charge is 0.378 e. The highest BCUT2D eigenvalue weighted by molar-refractivity contribution is 7.91. The lowest BCUT2D eigenvalue weighted by molar-refractivity contribution is 0.0122. The van der Waals surface area contributed by atoms with Gasteiger partial charge in [-0.15, -0.1) is 0 Å². The number of hydrogen-bond donors (Lipinski definition) is 1. The second-order valence-corrected chi connectivity index (χ2v) is 9.24. The van der Waals surface area contributed by atoms with Gasteiger partial charge in [0.2, 0.25) is 0 Å². The summed E-state index contributed by atoms with van der Waals surface area (Å²) in [6, 6.07) is 0. The summed E-state index contributed by atoms with van der Waals surface area (Å²) in [6.45, 7) is 13.2. The van der Waals surface area contributed by atoms with Crippen LogP contribution in [-0.2, 0) is 24.0 Å². The fourth-order valence-electron chi connectivity index (χ4n) is 2.60. The van der Waals surface area contributed by atoms with E-state index in [0.717, 1.165) is 18.7 Å². The minimum atomic E-state index is -2.85. The van der Waals surface area contributed by atoms with Gasteiger partial charge in [0.1, 0.15) is 0 Å². The highest BCUT2D eigenvalue weighted by atomic mass is 32.2. The average Bonchev–Trinajstić information content (AvgIpc) is 2.73. The summed E-state index contributed by atoms with van der Waals surface area (Å²) in [6.07, 6.45) is 0.777. The molecule has 0 spiro atoms. The number of likely N-dealkylation sites (N-methyl/N-ethyl adjacent to an activating group) is 1. The van der Waals surface area contributed by atoms with E-state index >= 15 is 0 Å². The summed E-state index contributed by atoms with van der Waals surface area (Å²) < 4.78 is 39.3. The van der Waals surface area contributed by atoms with Crippen LogP contribution in [0.4, 0.5) is 0 Å². The lowest BCUT2D eigenvalue weighted by atomic mass is 10.3. The minimum Gasteiger partial charge on any atom is -0.378 e. The molecular weight excluding hydrogens is 410 g/mol. The van der Waals surface area contributed by atoms with E-state index in [1.807, 2.05) is 14.0 Å². The summed E-state index contributed by atoms with van der Waals surface area (Å²) in [5, 5.41) is 13.3. The molecule has 0 saturated carbocycles. The Morgan fingerprint density at radius 1 is 1.07 bits per heavy atom. The first kappa shape index (κ1) is 26.9. The van der Waals surface area contributed by atoms with Gasteiger partial charge in [-0.2, -0.15) is 5.11 Å². The molecular formula is C19H39N5O5S. The third-order valence-electron chi connectivity index (χ3n) is 4.59. The molecule has 1 fully saturated rings. The minimum absolute atomic E-state index is 0.229. The molecule has 11 heteroatoms. The van der Waals surface area contributed by atoms with E-state index in [0.29, 0.717) is 72.4 Å². The topological polar surface area (TPSA) is 105 Å². The Bertz CT molecular complexity index is 574. The van der Waals surface area contributed by atoms with Crippen LogP contribution >= 0.6 is 0 Å². The maximum absolute atomic E-state index is 11.5. The van der Waals surface area contributed by atoms with Crippen LogP contribution < -0.4 is 5.32 Å². The molecule has 0 aromatic carbocycles. The van der Waals surface area contributed by atoms with E-state index in [-0.39, 0.29) is 11.5 Å². The third-order valence-corrected chi connectivity index (χ3v) is 6.19. The zero-order chi connectivity index (χ0) is 22.1. The maximum atomic E-state index is 11.5. The van der Waals surface area contributed by atoms with Crippen molar-refractivity contribution in [3.63, 3.8) is 0 Å². The van der Waals surface area contributed by atoms with Crippen molar-refractivity contribution < 1.29 is 22.6 Å². The highest BCUT2D eigenvalue weighted by Gasteiger charge is 2.20. The van der Waals surface area contributed by atoms with E-state index in [4.69, 9.17) is 14.2 Å². The highest BCUT2D eigenvalue weighted by Crippen LogP contribution is 2.08. The number of sulfone groups is 1. The first-order valence-electron chi connectivity index (χ1n) is 10.6. The van der Waals surface area contributed by atoms with Crippen molar-refractivity contribution in [1.82, 2.24) is 15.2 Å². The van der Waals surface area contributed by atoms with E-state index in [1.54, 1.807) is 5.01 Å². The van der Waals surface area contributed by atoms with E-state index in [2.05, 4.69) is 27.1 Å². The van der Waals surface area contributed by atoms with Crippen LogP contribution in [0.1, 0.15) is 13.3 Å². The monoisotopic (exact) mass is 449 g/mol. The van der Waals surface area contributed by atoms with Gasteiger partial charge in [-0.25, -0.2) is 13.4 Å². The molecule has 0 unspecified atom stereocenters. The van der Waals surface area contributed by atoms with Crippen molar-refractivity contribution in [2.75, 3.05) is 97.5 Å². The van der Waals surface area contributed by atoms with Crippen LogP contribution in [0.15, 0.2) is 22.6 Å². The molecule has 0 aliphatic carbocycles. The van der Waals surface area contributed by atoms with E-state index in [9.17, 15) is 8.42 Å². The predicted octanol–water partition coefficient (Wildman–Crippen LogP) is 0.579. The molecule has 1 aliphatic heterocycles. The fourth-order valence-corrected chi connectivity index (χ4v) is 3.87. The van der Waals surface area contributed by atoms with E-state index in [1.165, 1.54) is 0 Å². The van der Waals surface area contributed by atoms with Gasteiger partial charge in [-0.05, 0) is 13.5 Å². The number of nitrogens with one attached hydrogen (secondary N) is 1. The third kappa shape index (κ3) is 13.2. The second kappa shape index (κ2) is 16.6. The standard InChI is InChI=1S/C19H39N5O5S/c1-4-19(2)24(8-12-28-14-16-29-15-13-27-11-6-20-3)22-21-5-7-23-9-17-30(25,26)18-10-23/h20H,2,4-18H2,1,3H3. The molecule has 1 N–H and O–H groups in total. The first-order chi connectivity index (χ1) is 14.5. The molecule has 1 aliphatic rings. The lowest BCUT2D eigenvalue weighted by Crippen LogP contribution is -2.41. The average molecular weight is 450 g/mol. The molecule has 0 amide bonds. The van der Waals surface area contributed by atoms with Gasteiger partial charge in [0, 0.05) is 31.9 Å². The van der Waals surface area contributed by atoms with Crippen LogP contribution in [0, 0.1) is 0 Å². The van der Waals surface area contributed by atoms with Gasteiger partial charge in [-0.3, -0.25) is 4.90 Å². The van der Waals surface area contributed by atoms with Crippen molar-refractivity contribution in [1.29, 1.82) is 0 Å².